The predicted molar refractivity (Wildman–Crippen MR) is 143 cm³/mol. The van der Waals surface area contributed by atoms with E-state index < -0.39 is 28.8 Å². The van der Waals surface area contributed by atoms with Crippen LogP contribution in [0, 0.1) is 35.0 Å². The van der Waals surface area contributed by atoms with E-state index in [1.165, 1.54) is 0 Å². The maximum absolute atomic E-state index is 14.0. The maximum Gasteiger partial charge on any atom is 0.164 e. The van der Waals surface area contributed by atoms with Gasteiger partial charge in [-0.15, -0.1) is 0 Å². The van der Waals surface area contributed by atoms with Crippen LogP contribution in [-0.4, -0.2) is 30.2 Å². The lowest BCUT2D eigenvalue weighted by Gasteiger charge is -2.41. The molecule has 200 valence electrons. The van der Waals surface area contributed by atoms with Crippen molar-refractivity contribution in [1.29, 1.82) is 0 Å². The number of methoxy groups -OCH3 is 1. The Hall–Kier alpha value is -2.30. The van der Waals surface area contributed by atoms with Gasteiger partial charge in [-0.1, -0.05) is 53.7 Å². The summed E-state index contributed by atoms with van der Waals surface area (Å²) in [6.45, 7) is 12.4. The van der Waals surface area contributed by atoms with Crippen LogP contribution in [0.25, 0.3) is 0 Å². The molecular formula is C31H46O5. The quantitative estimate of drug-likeness (QED) is 0.276. The molecule has 0 amide bonds. The second kappa shape index (κ2) is 13.3. The van der Waals surface area contributed by atoms with E-state index in [0.29, 0.717) is 68.4 Å². The molecule has 1 saturated carbocycles. The van der Waals surface area contributed by atoms with Crippen molar-refractivity contribution in [3.8, 4) is 5.75 Å². The van der Waals surface area contributed by atoms with Crippen LogP contribution in [0.5, 0.6) is 5.75 Å². The summed E-state index contributed by atoms with van der Waals surface area (Å²) in [6.07, 6.45) is 3.89. The van der Waals surface area contributed by atoms with Crippen LogP contribution in [0.3, 0.4) is 0 Å². The van der Waals surface area contributed by atoms with Gasteiger partial charge in [0.25, 0.3) is 0 Å². The first-order valence-electron chi connectivity index (χ1n) is 13.7. The third-order valence-electron chi connectivity index (χ3n) is 7.60. The smallest absolute Gasteiger partial charge is 0.164 e. The number of carbonyl (C=O) groups excluding carboxylic acids is 4. The Kier molecular flexibility index (Phi) is 11.1. The van der Waals surface area contributed by atoms with Gasteiger partial charge in [0.15, 0.2) is 23.1 Å². The van der Waals surface area contributed by atoms with Crippen molar-refractivity contribution in [3.05, 3.63) is 29.8 Å². The van der Waals surface area contributed by atoms with E-state index in [-0.39, 0.29) is 18.0 Å². The summed E-state index contributed by atoms with van der Waals surface area (Å²) >= 11 is 0. The minimum Gasteiger partial charge on any atom is -0.497 e. The molecule has 2 unspecified atom stereocenters. The van der Waals surface area contributed by atoms with Gasteiger partial charge in [0.1, 0.15) is 11.7 Å². The van der Waals surface area contributed by atoms with Crippen LogP contribution in [0.2, 0.25) is 0 Å². The molecule has 0 spiro atoms. The topological polar surface area (TPSA) is 77.5 Å². The second-order valence-electron chi connectivity index (χ2n) is 11.9. The van der Waals surface area contributed by atoms with E-state index in [1.54, 1.807) is 7.11 Å². The molecule has 1 aliphatic rings. The Bertz CT molecular complexity index is 915. The zero-order valence-corrected chi connectivity index (χ0v) is 23.4. The highest BCUT2D eigenvalue weighted by Gasteiger charge is 2.59. The van der Waals surface area contributed by atoms with E-state index in [4.69, 9.17) is 4.74 Å². The predicted octanol–water partition coefficient (Wildman–Crippen LogP) is 6.45. The highest BCUT2D eigenvalue weighted by Crippen LogP contribution is 2.45. The van der Waals surface area contributed by atoms with Crippen LogP contribution >= 0.6 is 0 Å². The highest BCUT2D eigenvalue weighted by molar-refractivity contribution is 6.33. The molecule has 1 aliphatic carbocycles. The van der Waals surface area contributed by atoms with Gasteiger partial charge in [0.05, 0.1) is 18.4 Å². The fourth-order valence-corrected chi connectivity index (χ4v) is 5.20. The minimum absolute atomic E-state index is 0.0881. The molecule has 5 heteroatoms. The molecular weight excluding hydrogens is 452 g/mol. The lowest BCUT2D eigenvalue weighted by atomic mass is 9.57. The standard InChI is InChI=1S/C31H46O5/c1-20(2)11-13-25-28(33)27(26(32)14-12-23-9-8-10-24(19-23)36-7)30(35)31(29(25)34,17-15-21(3)4)18-16-22(5)6/h8-10,19-22,25,27H,11-18H2,1-7H3. The molecule has 2 rings (SSSR count). The average Bonchev–Trinajstić information content (AvgIpc) is 2.82. The van der Waals surface area contributed by atoms with Crippen LogP contribution in [0.1, 0.15) is 92.1 Å². The van der Waals surface area contributed by atoms with E-state index in [1.807, 2.05) is 24.3 Å². The monoisotopic (exact) mass is 498 g/mol. The fraction of sp³-hybridized carbons (Fsp3) is 0.677. The van der Waals surface area contributed by atoms with Gasteiger partial charge in [0, 0.05) is 6.42 Å². The Morgan fingerprint density at radius 1 is 0.889 bits per heavy atom. The Balaban J connectivity index is 2.42. The lowest BCUT2D eigenvalue weighted by Crippen LogP contribution is -2.58. The number of aryl methyl sites for hydroxylation is 1. The van der Waals surface area contributed by atoms with Crippen molar-refractivity contribution in [1.82, 2.24) is 0 Å². The number of Topliss-reactive ketones (excluding diaryl/α,β-unsaturated/α-hetero) is 4. The molecule has 1 fully saturated rings. The van der Waals surface area contributed by atoms with Gasteiger partial charge in [-0.2, -0.15) is 0 Å². The number of carbonyl (C=O) groups is 4. The van der Waals surface area contributed by atoms with Crippen LogP contribution < -0.4 is 4.74 Å². The first kappa shape index (κ1) is 29.9. The minimum atomic E-state index is -1.33. The van der Waals surface area contributed by atoms with Gasteiger partial charge >= 0.3 is 0 Å². The Labute approximate surface area is 217 Å². The number of hydrogen-bond acceptors (Lipinski definition) is 5. The van der Waals surface area contributed by atoms with E-state index in [2.05, 4.69) is 41.5 Å². The van der Waals surface area contributed by atoms with E-state index in [9.17, 15) is 19.2 Å². The van der Waals surface area contributed by atoms with Crippen molar-refractivity contribution in [3.63, 3.8) is 0 Å². The van der Waals surface area contributed by atoms with E-state index >= 15 is 0 Å². The first-order chi connectivity index (χ1) is 16.9. The molecule has 0 aliphatic heterocycles. The number of ether oxygens (including phenoxy) is 1. The number of benzene rings is 1. The fourth-order valence-electron chi connectivity index (χ4n) is 5.20. The zero-order valence-electron chi connectivity index (χ0n) is 23.4. The van der Waals surface area contributed by atoms with Gasteiger partial charge < -0.3 is 4.74 Å². The molecule has 0 radical (unpaired) electrons. The number of ketones is 4. The molecule has 0 saturated heterocycles. The molecule has 0 aromatic heterocycles. The summed E-state index contributed by atoms with van der Waals surface area (Å²) in [7, 11) is 1.59. The van der Waals surface area contributed by atoms with Gasteiger partial charge in [0.2, 0.25) is 0 Å². The largest absolute Gasteiger partial charge is 0.497 e. The first-order valence-corrected chi connectivity index (χ1v) is 13.7. The summed E-state index contributed by atoms with van der Waals surface area (Å²) in [5.41, 5.74) is -0.322. The van der Waals surface area contributed by atoms with Crippen molar-refractivity contribution >= 4 is 23.1 Å². The summed E-state index contributed by atoms with van der Waals surface area (Å²) in [5, 5.41) is 0. The highest BCUT2D eigenvalue weighted by atomic mass is 16.5. The molecule has 0 heterocycles. The normalized spacial score (nSPS) is 20.0. The van der Waals surface area contributed by atoms with Crippen molar-refractivity contribution in [2.45, 2.75) is 92.9 Å². The zero-order chi connectivity index (χ0) is 27.0. The third kappa shape index (κ3) is 7.36. The number of hydrogen-bond donors (Lipinski definition) is 0. The molecule has 2 atom stereocenters. The van der Waals surface area contributed by atoms with Crippen LogP contribution in [0.15, 0.2) is 24.3 Å². The van der Waals surface area contributed by atoms with Gasteiger partial charge in [-0.3, -0.25) is 19.2 Å². The second-order valence-corrected chi connectivity index (χ2v) is 11.9. The molecule has 0 N–H and O–H groups in total. The van der Waals surface area contributed by atoms with Crippen molar-refractivity contribution in [2.75, 3.05) is 7.11 Å². The Morgan fingerprint density at radius 2 is 1.47 bits per heavy atom. The van der Waals surface area contributed by atoms with Crippen molar-refractivity contribution in [2.24, 2.45) is 35.0 Å². The molecule has 1 aromatic carbocycles. The molecule has 1 aromatic rings. The SMILES string of the molecule is COc1cccc(CCC(=O)C2C(=O)C(CCC(C)C)C(=O)C(CCC(C)C)(CCC(C)C)C2=O)c1. The summed E-state index contributed by atoms with van der Waals surface area (Å²) in [4.78, 5) is 55.1. The van der Waals surface area contributed by atoms with Gasteiger partial charge in [-0.05, 0) is 80.4 Å². The summed E-state index contributed by atoms with van der Waals surface area (Å²) < 4.78 is 5.27. The number of rotatable bonds is 14. The van der Waals surface area contributed by atoms with Crippen LogP contribution in [-0.2, 0) is 25.6 Å². The third-order valence-corrected chi connectivity index (χ3v) is 7.60. The van der Waals surface area contributed by atoms with Crippen molar-refractivity contribution < 1.29 is 23.9 Å². The van der Waals surface area contributed by atoms with Gasteiger partial charge in [-0.25, -0.2) is 0 Å². The van der Waals surface area contributed by atoms with E-state index in [0.717, 1.165) is 5.56 Å². The van der Waals surface area contributed by atoms with Crippen LogP contribution in [0.4, 0.5) is 0 Å². The summed E-state index contributed by atoms with van der Waals surface area (Å²) in [6, 6.07) is 7.47. The Morgan fingerprint density at radius 3 is 2.00 bits per heavy atom. The average molecular weight is 499 g/mol. The maximum atomic E-state index is 14.0. The summed E-state index contributed by atoms with van der Waals surface area (Å²) in [5.74, 6) is -2.02. The lowest BCUT2D eigenvalue weighted by molar-refractivity contribution is -0.160. The molecule has 0 bridgehead atoms. The molecule has 36 heavy (non-hydrogen) atoms. The molecule has 5 nitrogen and oxygen atoms in total.